The molecule has 0 aliphatic carbocycles. The average Bonchev–Trinajstić information content (AvgIpc) is 3.34. The second kappa shape index (κ2) is 7.50. The topological polar surface area (TPSA) is 67.7 Å². The molecule has 2 saturated heterocycles. The Hall–Kier alpha value is -2.90. The summed E-state index contributed by atoms with van der Waals surface area (Å²) in [6.45, 7) is 1.73. The minimum Gasteiger partial charge on any atom is -0.497 e. The van der Waals surface area contributed by atoms with Gasteiger partial charge in [-0.1, -0.05) is 0 Å². The standard InChI is InChI=1S/C21H25FN4O3/c1-24-18(6-9-23-24)19(27)26-11-8-21(14-26)7-3-10-25(20(21)28)13-15-12-16(29-2)4-5-17(15)22/h4-6,9,12H,3,7-8,10-11,13-14H2,1-2H3. The summed E-state index contributed by atoms with van der Waals surface area (Å²) in [6.07, 6.45) is 3.81. The predicted molar refractivity (Wildman–Crippen MR) is 104 cm³/mol. The van der Waals surface area contributed by atoms with Crippen molar-refractivity contribution in [1.82, 2.24) is 19.6 Å². The molecule has 7 nitrogen and oxygen atoms in total. The van der Waals surface area contributed by atoms with Crippen molar-refractivity contribution in [3.05, 3.63) is 47.5 Å². The summed E-state index contributed by atoms with van der Waals surface area (Å²) in [7, 11) is 3.26. The molecule has 2 aliphatic heterocycles. The van der Waals surface area contributed by atoms with Crippen molar-refractivity contribution in [3.63, 3.8) is 0 Å². The maximum absolute atomic E-state index is 14.3. The highest BCUT2D eigenvalue weighted by atomic mass is 19.1. The largest absolute Gasteiger partial charge is 0.497 e. The second-order valence-electron chi connectivity index (χ2n) is 7.88. The van der Waals surface area contributed by atoms with Crippen molar-refractivity contribution in [2.45, 2.75) is 25.8 Å². The Labute approximate surface area is 169 Å². The Bertz CT molecular complexity index is 944. The van der Waals surface area contributed by atoms with Crippen LogP contribution in [0.4, 0.5) is 4.39 Å². The van der Waals surface area contributed by atoms with E-state index in [4.69, 9.17) is 4.74 Å². The lowest BCUT2D eigenvalue weighted by Crippen LogP contribution is -2.50. The molecular formula is C21H25FN4O3. The zero-order chi connectivity index (χ0) is 20.6. The molecular weight excluding hydrogens is 375 g/mol. The Balaban J connectivity index is 1.50. The van der Waals surface area contributed by atoms with E-state index in [0.29, 0.717) is 43.1 Å². The van der Waals surface area contributed by atoms with E-state index in [9.17, 15) is 14.0 Å². The van der Waals surface area contributed by atoms with Crippen LogP contribution in [0.15, 0.2) is 30.5 Å². The second-order valence-corrected chi connectivity index (χ2v) is 7.88. The SMILES string of the molecule is COc1ccc(F)c(CN2CCCC3(CCN(C(=O)c4ccnn4C)C3)C2=O)c1. The van der Waals surface area contributed by atoms with Crippen LogP contribution in [0.25, 0.3) is 0 Å². The monoisotopic (exact) mass is 400 g/mol. The fourth-order valence-corrected chi connectivity index (χ4v) is 4.48. The lowest BCUT2D eigenvalue weighted by Gasteiger charge is -2.39. The van der Waals surface area contributed by atoms with Crippen molar-refractivity contribution in [2.75, 3.05) is 26.7 Å². The van der Waals surface area contributed by atoms with Gasteiger partial charge in [-0.25, -0.2) is 4.39 Å². The number of piperidine rings is 1. The van der Waals surface area contributed by atoms with Gasteiger partial charge in [0.2, 0.25) is 5.91 Å². The maximum Gasteiger partial charge on any atom is 0.272 e. The average molecular weight is 400 g/mol. The molecule has 2 amide bonds. The smallest absolute Gasteiger partial charge is 0.272 e. The van der Waals surface area contributed by atoms with Crippen LogP contribution in [0.3, 0.4) is 0 Å². The molecule has 2 fully saturated rings. The molecule has 1 aromatic heterocycles. The summed E-state index contributed by atoms with van der Waals surface area (Å²) in [5.41, 5.74) is 0.373. The van der Waals surface area contributed by atoms with E-state index in [1.165, 1.54) is 13.2 Å². The van der Waals surface area contributed by atoms with E-state index in [-0.39, 0.29) is 24.2 Å². The number of aromatic nitrogens is 2. The number of halogens is 1. The van der Waals surface area contributed by atoms with Gasteiger partial charge < -0.3 is 14.5 Å². The number of methoxy groups -OCH3 is 1. The lowest BCUT2D eigenvalue weighted by atomic mass is 9.78. The number of aryl methyl sites for hydroxylation is 1. The van der Waals surface area contributed by atoms with Crippen LogP contribution in [0.1, 0.15) is 35.3 Å². The van der Waals surface area contributed by atoms with Gasteiger partial charge in [0.15, 0.2) is 0 Å². The molecule has 29 heavy (non-hydrogen) atoms. The minimum atomic E-state index is -0.582. The molecule has 1 unspecified atom stereocenters. The van der Waals surface area contributed by atoms with E-state index in [1.807, 2.05) is 0 Å². The number of hydrogen-bond acceptors (Lipinski definition) is 4. The Morgan fingerprint density at radius 3 is 2.83 bits per heavy atom. The van der Waals surface area contributed by atoms with Crippen LogP contribution in [-0.2, 0) is 18.4 Å². The Morgan fingerprint density at radius 1 is 1.28 bits per heavy atom. The number of carbonyl (C=O) groups is 2. The summed E-state index contributed by atoms with van der Waals surface area (Å²) in [6, 6.07) is 6.25. The zero-order valence-corrected chi connectivity index (χ0v) is 16.7. The van der Waals surface area contributed by atoms with Gasteiger partial charge in [0, 0.05) is 45.0 Å². The molecule has 1 atom stereocenters. The molecule has 1 spiro atoms. The zero-order valence-electron chi connectivity index (χ0n) is 16.7. The van der Waals surface area contributed by atoms with Gasteiger partial charge in [-0.05, 0) is 43.5 Å². The summed E-state index contributed by atoms with van der Waals surface area (Å²) in [5.74, 6) is 0.115. The quantitative estimate of drug-likeness (QED) is 0.789. The highest BCUT2D eigenvalue weighted by molar-refractivity contribution is 5.94. The van der Waals surface area contributed by atoms with Crippen LogP contribution >= 0.6 is 0 Å². The van der Waals surface area contributed by atoms with E-state index >= 15 is 0 Å². The van der Waals surface area contributed by atoms with E-state index < -0.39 is 5.41 Å². The summed E-state index contributed by atoms with van der Waals surface area (Å²) >= 11 is 0. The number of amides is 2. The van der Waals surface area contributed by atoms with E-state index in [1.54, 1.807) is 45.9 Å². The molecule has 0 bridgehead atoms. The Morgan fingerprint density at radius 2 is 2.10 bits per heavy atom. The number of ether oxygens (including phenoxy) is 1. The molecule has 2 aromatic rings. The fourth-order valence-electron chi connectivity index (χ4n) is 4.48. The first-order valence-electron chi connectivity index (χ1n) is 9.83. The van der Waals surface area contributed by atoms with Gasteiger partial charge >= 0.3 is 0 Å². The van der Waals surface area contributed by atoms with Gasteiger partial charge in [-0.3, -0.25) is 14.3 Å². The van der Waals surface area contributed by atoms with Gasteiger partial charge in [-0.2, -0.15) is 5.10 Å². The minimum absolute atomic E-state index is 0.00581. The van der Waals surface area contributed by atoms with Crippen molar-refractivity contribution in [2.24, 2.45) is 12.5 Å². The first kappa shape index (κ1) is 19.4. The van der Waals surface area contributed by atoms with Gasteiger partial charge in [0.05, 0.1) is 12.5 Å². The van der Waals surface area contributed by atoms with Crippen molar-refractivity contribution >= 4 is 11.8 Å². The third-order valence-corrected chi connectivity index (χ3v) is 6.12. The van der Waals surface area contributed by atoms with Crippen LogP contribution < -0.4 is 4.74 Å². The number of hydrogen-bond donors (Lipinski definition) is 0. The van der Waals surface area contributed by atoms with Crippen LogP contribution in [-0.4, -0.2) is 58.1 Å². The van der Waals surface area contributed by atoms with Crippen LogP contribution in [0, 0.1) is 11.2 Å². The summed E-state index contributed by atoms with van der Waals surface area (Å²) in [5, 5.41) is 4.06. The van der Waals surface area contributed by atoms with Gasteiger partial charge in [0.25, 0.3) is 5.91 Å². The van der Waals surface area contributed by atoms with Gasteiger partial charge in [-0.15, -0.1) is 0 Å². The molecule has 0 saturated carbocycles. The highest BCUT2D eigenvalue weighted by Gasteiger charge is 2.49. The third kappa shape index (κ3) is 3.47. The number of carbonyl (C=O) groups excluding carboxylic acids is 2. The number of rotatable bonds is 4. The number of nitrogens with zero attached hydrogens (tertiary/aromatic N) is 4. The van der Waals surface area contributed by atoms with Crippen molar-refractivity contribution in [3.8, 4) is 5.75 Å². The van der Waals surface area contributed by atoms with Crippen LogP contribution in [0.2, 0.25) is 0 Å². The van der Waals surface area contributed by atoms with Crippen LogP contribution in [0.5, 0.6) is 5.75 Å². The fraction of sp³-hybridized carbons (Fsp3) is 0.476. The first-order valence-corrected chi connectivity index (χ1v) is 9.83. The highest BCUT2D eigenvalue weighted by Crippen LogP contribution is 2.41. The molecule has 2 aliphatic rings. The van der Waals surface area contributed by atoms with Gasteiger partial charge in [0.1, 0.15) is 17.3 Å². The lowest BCUT2D eigenvalue weighted by molar-refractivity contribution is -0.146. The molecule has 1 aromatic carbocycles. The Kier molecular flexibility index (Phi) is 5.02. The summed E-state index contributed by atoms with van der Waals surface area (Å²) in [4.78, 5) is 29.6. The van der Waals surface area contributed by atoms with E-state index in [0.717, 1.165) is 12.8 Å². The number of likely N-dealkylation sites (tertiary alicyclic amines) is 2. The number of benzene rings is 1. The normalized spacial score (nSPS) is 21.8. The predicted octanol–water partition coefficient (Wildman–Crippen LogP) is 2.22. The summed E-state index contributed by atoms with van der Waals surface area (Å²) < 4.78 is 21.0. The maximum atomic E-state index is 14.3. The van der Waals surface area contributed by atoms with Crippen molar-refractivity contribution in [1.29, 1.82) is 0 Å². The molecule has 3 heterocycles. The molecule has 154 valence electrons. The van der Waals surface area contributed by atoms with E-state index in [2.05, 4.69) is 5.10 Å². The third-order valence-electron chi connectivity index (χ3n) is 6.12. The molecule has 0 N–H and O–H groups in total. The molecule has 4 rings (SSSR count). The van der Waals surface area contributed by atoms with Crippen molar-refractivity contribution < 1.29 is 18.7 Å². The molecule has 8 heteroatoms. The molecule has 0 radical (unpaired) electrons. The first-order chi connectivity index (χ1) is 13.9.